The second-order valence-electron chi connectivity index (χ2n) is 6.96. The molecule has 0 unspecified atom stereocenters. The Labute approximate surface area is 199 Å². The zero-order valence-corrected chi connectivity index (χ0v) is 19.0. The molecule has 0 spiro atoms. The average molecular weight is 505 g/mol. The lowest BCUT2D eigenvalue weighted by atomic mass is 10.2. The summed E-state index contributed by atoms with van der Waals surface area (Å²) in [6, 6.07) is 16.5. The van der Waals surface area contributed by atoms with E-state index in [1.165, 1.54) is 72.9 Å². The van der Waals surface area contributed by atoms with Gasteiger partial charge in [0.2, 0.25) is 10.0 Å². The first-order valence-corrected chi connectivity index (χ1v) is 11.5. The van der Waals surface area contributed by atoms with Gasteiger partial charge in [-0.05, 0) is 30.3 Å². The highest BCUT2D eigenvalue weighted by Crippen LogP contribution is 2.21. The van der Waals surface area contributed by atoms with Crippen LogP contribution in [0.4, 0.5) is 10.1 Å². The van der Waals surface area contributed by atoms with Crippen LogP contribution < -0.4 is 5.43 Å². The molecule has 0 bridgehead atoms. The summed E-state index contributed by atoms with van der Waals surface area (Å²) in [5.74, 6) is -1.42. The fraction of sp³-hybridized carbons (Fsp3) is 0.0909. The number of nitrogens with zero attached hydrogens (tertiary/aromatic N) is 3. The predicted octanol–water partition coefficient (Wildman–Crippen LogP) is 3.73. The fourth-order valence-electron chi connectivity index (χ4n) is 2.89. The van der Waals surface area contributed by atoms with Gasteiger partial charge in [0, 0.05) is 34.8 Å². The largest absolute Gasteiger partial charge is 0.272 e. The van der Waals surface area contributed by atoms with Crippen LogP contribution in [0, 0.1) is 15.9 Å². The van der Waals surface area contributed by atoms with Gasteiger partial charge < -0.3 is 0 Å². The van der Waals surface area contributed by atoms with E-state index in [0.717, 1.165) is 4.31 Å². The van der Waals surface area contributed by atoms with Crippen molar-refractivity contribution in [1.29, 1.82) is 0 Å². The van der Waals surface area contributed by atoms with Crippen LogP contribution in [-0.2, 0) is 21.4 Å². The Balaban J connectivity index is 1.80. The number of hydrogen-bond acceptors (Lipinski definition) is 6. The molecule has 1 amide bonds. The number of hydrazone groups is 1. The SMILES string of the molecule is O=C(CN(Cc1ccccc1F)S(=O)(=O)c1ccc(Cl)cc1)N/N=C\c1cccc([N+](=O)[O-])c1. The number of sulfonamides is 1. The third-order valence-corrected chi connectivity index (χ3v) is 6.62. The second-order valence-corrected chi connectivity index (χ2v) is 9.34. The maximum absolute atomic E-state index is 14.2. The first-order valence-electron chi connectivity index (χ1n) is 9.72. The average Bonchev–Trinajstić information content (AvgIpc) is 2.80. The Morgan fingerprint density at radius 2 is 1.82 bits per heavy atom. The van der Waals surface area contributed by atoms with Gasteiger partial charge in [-0.25, -0.2) is 18.2 Å². The predicted molar refractivity (Wildman–Crippen MR) is 124 cm³/mol. The van der Waals surface area contributed by atoms with E-state index in [2.05, 4.69) is 10.5 Å². The summed E-state index contributed by atoms with van der Waals surface area (Å²) in [7, 11) is -4.20. The molecule has 3 aromatic rings. The van der Waals surface area contributed by atoms with Crippen molar-refractivity contribution in [2.45, 2.75) is 11.4 Å². The molecule has 0 fully saturated rings. The summed E-state index contributed by atoms with van der Waals surface area (Å²) in [5.41, 5.74) is 2.46. The number of nitrogens with one attached hydrogen (secondary N) is 1. The van der Waals surface area contributed by atoms with Crippen LogP contribution in [0.5, 0.6) is 0 Å². The second kappa shape index (κ2) is 11.0. The van der Waals surface area contributed by atoms with Crippen molar-refractivity contribution in [2.75, 3.05) is 6.54 Å². The summed E-state index contributed by atoms with van der Waals surface area (Å²) < 4.78 is 41.4. The van der Waals surface area contributed by atoms with Crippen molar-refractivity contribution >= 4 is 39.4 Å². The summed E-state index contributed by atoms with van der Waals surface area (Å²) in [6.45, 7) is -1.06. The van der Waals surface area contributed by atoms with Gasteiger partial charge in [-0.2, -0.15) is 9.41 Å². The Bertz CT molecular complexity index is 1330. The minimum absolute atomic E-state index is 0.0768. The standard InChI is InChI=1S/C22H18ClFN4O5S/c23-18-8-10-20(11-9-18)34(32,33)27(14-17-5-1-2-7-21(17)24)15-22(29)26-25-13-16-4-3-6-19(12-16)28(30)31/h1-13H,14-15H2,(H,26,29)/b25-13-. The van der Waals surface area contributed by atoms with E-state index >= 15 is 0 Å². The van der Waals surface area contributed by atoms with Crippen molar-refractivity contribution in [3.63, 3.8) is 0 Å². The smallest absolute Gasteiger partial charge is 0.270 e. The van der Waals surface area contributed by atoms with E-state index in [-0.39, 0.29) is 16.1 Å². The highest BCUT2D eigenvalue weighted by atomic mass is 35.5. The van der Waals surface area contributed by atoms with E-state index < -0.39 is 39.8 Å². The molecule has 12 heteroatoms. The number of halogens is 2. The number of nitro groups is 1. The molecule has 9 nitrogen and oxygen atoms in total. The molecular formula is C22H18ClFN4O5S. The van der Waals surface area contributed by atoms with Crippen LogP contribution in [0.1, 0.15) is 11.1 Å². The highest BCUT2D eigenvalue weighted by Gasteiger charge is 2.27. The van der Waals surface area contributed by atoms with E-state index in [9.17, 15) is 27.7 Å². The van der Waals surface area contributed by atoms with Crippen molar-refractivity contribution in [3.05, 3.63) is 105 Å². The van der Waals surface area contributed by atoms with Crippen molar-refractivity contribution in [1.82, 2.24) is 9.73 Å². The third kappa shape index (κ3) is 6.44. The van der Waals surface area contributed by atoms with Crippen molar-refractivity contribution in [3.8, 4) is 0 Å². The Hall–Kier alpha value is -3.67. The first-order chi connectivity index (χ1) is 16.2. The van der Waals surface area contributed by atoms with Crippen LogP contribution in [0.3, 0.4) is 0 Å². The van der Waals surface area contributed by atoms with Crippen molar-refractivity contribution < 1.29 is 22.5 Å². The fourth-order valence-corrected chi connectivity index (χ4v) is 4.39. The quantitative estimate of drug-likeness (QED) is 0.270. The molecule has 1 N–H and O–H groups in total. The molecule has 0 aliphatic heterocycles. The molecule has 0 saturated carbocycles. The van der Waals surface area contributed by atoms with Gasteiger partial charge in [0.1, 0.15) is 5.82 Å². The first kappa shape index (κ1) is 25.0. The van der Waals surface area contributed by atoms with Crippen LogP contribution >= 0.6 is 11.6 Å². The van der Waals surface area contributed by atoms with Gasteiger partial charge in [0.25, 0.3) is 11.6 Å². The maximum atomic E-state index is 14.2. The highest BCUT2D eigenvalue weighted by molar-refractivity contribution is 7.89. The molecule has 3 aromatic carbocycles. The normalized spacial score (nSPS) is 11.6. The Kier molecular flexibility index (Phi) is 8.05. The molecule has 0 radical (unpaired) electrons. The monoisotopic (exact) mass is 504 g/mol. The van der Waals surface area contributed by atoms with E-state index in [1.54, 1.807) is 6.07 Å². The number of nitro benzene ring substituents is 1. The molecule has 34 heavy (non-hydrogen) atoms. The number of rotatable bonds is 9. The number of carbonyl (C=O) groups excluding carboxylic acids is 1. The summed E-state index contributed by atoms with van der Waals surface area (Å²) in [5, 5.41) is 14.9. The molecule has 0 atom stereocenters. The molecule has 3 rings (SSSR count). The number of benzene rings is 3. The van der Waals surface area contributed by atoms with Gasteiger partial charge in [0.05, 0.1) is 22.6 Å². The molecule has 0 aliphatic rings. The van der Waals surface area contributed by atoms with Crippen LogP contribution in [-0.4, -0.2) is 36.3 Å². The van der Waals surface area contributed by atoms with Crippen molar-refractivity contribution in [2.24, 2.45) is 5.10 Å². The van der Waals surface area contributed by atoms with Crippen LogP contribution in [0.15, 0.2) is 82.8 Å². The summed E-state index contributed by atoms with van der Waals surface area (Å²) >= 11 is 5.84. The summed E-state index contributed by atoms with van der Waals surface area (Å²) in [4.78, 5) is 22.6. The lowest BCUT2D eigenvalue weighted by Crippen LogP contribution is -2.39. The van der Waals surface area contributed by atoms with Gasteiger partial charge in [-0.3, -0.25) is 14.9 Å². The Morgan fingerprint density at radius 3 is 2.50 bits per heavy atom. The number of carbonyl (C=O) groups is 1. The van der Waals surface area contributed by atoms with Crippen LogP contribution in [0.25, 0.3) is 0 Å². The van der Waals surface area contributed by atoms with Gasteiger partial charge >= 0.3 is 0 Å². The molecule has 0 aromatic heterocycles. The van der Waals surface area contributed by atoms with E-state index in [4.69, 9.17) is 11.6 Å². The van der Waals surface area contributed by atoms with Crippen LogP contribution in [0.2, 0.25) is 5.02 Å². The third-order valence-electron chi connectivity index (χ3n) is 4.56. The lowest BCUT2D eigenvalue weighted by Gasteiger charge is -2.21. The molecule has 0 saturated heterocycles. The topological polar surface area (TPSA) is 122 Å². The molecular weight excluding hydrogens is 487 g/mol. The molecule has 0 heterocycles. The molecule has 0 aliphatic carbocycles. The number of hydrogen-bond donors (Lipinski definition) is 1. The van der Waals surface area contributed by atoms with E-state index in [0.29, 0.717) is 10.6 Å². The van der Waals surface area contributed by atoms with Gasteiger partial charge in [-0.1, -0.05) is 41.9 Å². The zero-order valence-electron chi connectivity index (χ0n) is 17.5. The number of non-ortho nitro benzene ring substituents is 1. The van der Waals surface area contributed by atoms with E-state index in [1.807, 2.05) is 0 Å². The minimum Gasteiger partial charge on any atom is -0.272 e. The number of amides is 1. The van der Waals surface area contributed by atoms with Gasteiger partial charge in [0.15, 0.2) is 0 Å². The zero-order chi connectivity index (χ0) is 24.7. The van der Waals surface area contributed by atoms with Gasteiger partial charge in [-0.15, -0.1) is 0 Å². The minimum atomic E-state index is -4.20. The Morgan fingerprint density at radius 1 is 1.12 bits per heavy atom. The summed E-state index contributed by atoms with van der Waals surface area (Å²) in [6.07, 6.45) is 1.18. The molecule has 176 valence electrons. The lowest BCUT2D eigenvalue weighted by molar-refractivity contribution is -0.384. The maximum Gasteiger partial charge on any atom is 0.270 e.